The summed E-state index contributed by atoms with van der Waals surface area (Å²) in [5, 5.41) is 0. The Morgan fingerprint density at radius 3 is 1.44 bits per heavy atom. The van der Waals surface area contributed by atoms with Crippen LogP contribution >= 0.6 is 0 Å². The standard InChI is InChI=1S/C5H2F9NO.C3H3F3.CH3FO/c6-1-15-2(7,8)4(11,12)16-5(13,14)3(15,9)10;4-1-3(6)2-5;1-3-2/h1H2;1H,2H2;1H3/b;3-1-;. The lowest BCUT2D eigenvalue weighted by atomic mass is 10.3. The van der Waals surface area contributed by atoms with Gasteiger partial charge in [-0.2, -0.15) is 40.1 Å². The molecule has 0 aliphatic carbocycles. The van der Waals surface area contributed by atoms with Crippen molar-refractivity contribution >= 4 is 0 Å². The van der Waals surface area contributed by atoms with Gasteiger partial charge in [-0.25, -0.2) is 22.3 Å². The first-order valence-corrected chi connectivity index (χ1v) is 5.33. The molecule has 0 radical (unpaired) electrons. The molecular weight excluding hydrogens is 401 g/mol. The molecule has 1 aliphatic heterocycles. The van der Waals surface area contributed by atoms with E-state index in [2.05, 4.69) is 4.94 Å². The van der Waals surface area contributed by atoms with Crippen LogP contribution < -0.4 is 0 Å². The first kappa shape index (κ1) is 25.9. The third-order valence-corrected chi connectivity index (χ3v) is 2.00. The SMILES string of the molecule is COF.F/C=C(\F)CF.FCN1C(F)(F)C(F)(F)OC(F)(F)C1(F)F. The normalized spacial score (nSPS) is 23.7. The molecule has 0 N–H and O–H groups in total. The van der Waals surface area contributed by atoms with E-state index in [4.69, 9.17) is 0 Å². The van der Waals surface area contributed by atoms with E-state index < -0.39 is 54.8 Å². The first-order valence-electron chi connectivity index (χ1n) is 5.33. The Kier molecular flexibility index (Phi) is 9.78. The highest BCUT2D eigenvalue weighted by atomic mass is 19.4. The second-order valence-electron chi connectivity index (χ2n) is 3.61. The minimum Gasteiger partial charge on any atom is -0.243 e. The van der Waals surface area contributed by atoms with Gasteiger partial charge in [0.25, 0.3) is 0 Å². The van der Waals surface area contributed by atoms with E-state index in [0.29, 0.717) is 0 Å². The van der Waals surface area contributed by atoms with E-state index in [1.165, 1.54) is 0 Å². The second-order valence-corrected chi connectivity index (χ2v) is 3.61. The van der Waals surface area contributed by atoms with Crippen LogP contribution in [0.3, 0.4) is 0 Å². The van der Waals surface area contributed by atoms with Crippen molar-refractivity contribution in [3.05, 3.63) is 12.2 Å². The molecule has 1 saturated heterocycles. The van der Waals surface area contributed by atoms with Crippen molar-refractivity contribution in [3.8, 4) is 0 Å². The Balaban J connectivity index is 0. The molecule has 152 valence electrons. The van der Waals surface area contributed by atoms with E-state index in [1.54, 1.807) is 0 Å². The van der Waals surface area contributed by atoms with Crippen molar-refractivity contribution in [2.45, 2.75) is 24.3 Å². The van der Waals surface area contributed by atoms with Crippen LogP contribution in [0.2, 0.25) is 0 Å². The molecule has 0 amide bonds. The molecule has 0 aromatic rings. The molecule has 1 heterocycles. The van der Waals surface area contributed by atoms with E-state index >= 15 is 0 Å². The molecule has 1 aliphatic rings. The Labute approximate surface area is 130 Å². The van der Waals surface area contributed by atoms with Gasteiger partial charge in [-0.3, -0.25) is 0 Å². The van der Waals surface area contributed by atoms with Gasteiger partial charge in [0, 0.05) is 0 Å². The summed E-state index contributed by atoms with van der Waals surface area (Å²) in [6.45, 7) is -4.26. The summed E-state index contributed by atoms with van der Waals surface area (Å²) >= 11 is 0. The van der Waals surface area contributed by atoms with Gasteiger partial charge >= 0.3 is 24.3 Å². The average molecular weight is 409 g/mol. The molecule has 0 aromatic heterocycles. The number of morpholine rings is 1. The number of nitrogens with zero attached hydrogens (tertiary/aromatic N) is 1. The van der Waals surface area contributed by atoms with Gasteiger partial charge in [0.2, 0.25) is 0 Å². The lowest BCUT2D eigenvalue weighted by Gasteiger charge is -2.45. The zero-order valence-electron chi connectivity index (χ0n) is 11.7. The molecule has 1 fully saturated rings. The Morgan fingerprint density at radius 2 is 1.28 bits per heavy atom. The number of rotatable bonds is 2. The number of allylic oxidation sites excluding steroid dienone is 1. The number of alkyl halides is 10. The van der Waals surface area contributed by atoms with Crippen molar-refractivity contribution < 1.29 is 66.9 Å². The van der Waals surface area contributed by atoms with Crippen LogP contribution in [0, 0.1) is 0 Å². The number of hydrogen-bond acceptors (Lipinski definition) is 3. The number of ether oxygens (including phenoxy) is 1. The van der Waals surface area contributed by atoms with Gasteiger partial charge in [0.1, 0.15) is 13.0 Å². The first-order chi connectivity index (χ1) is 11.1. The third kappa shape index (κ3) is 5.88. The summed E-state index contributed by atoms with van der Waals surface area (Å²) in [4.78, 5) is 0.490. The minimum absolute atomic E-state index is 0.403. The summed E-state index contributed by atoms with van der Waals surface area (Å²) in [6.07, 6.45) is -12.3. The predicted octanol–water partition coefficient (Wildman–Crippen LogP) is 4.87. The number of halogens is 13. The zero-order chi connectivity index (χ0) is 20.7. The third-order valence-electron chi connectivity index (χ3n) is 2.00. The topological polar surface area (TPSA) is 21.7 Å². The maximum Gasteiger partial charge on any atom is 0.439 e. The van der Waals surface area contributed by atoms with E-state index in [1.807, 2.05) is 4.74 Å². The maximum absolute atomic E-state index is 12.5. The van der Waals surface area contributed by atoms with Crippen molar-refractivity contribution in [3.63, 3.8) is 0 Å². The minimum atomic E-state index is -5.94. The maximum atomic E-state index is 12.5. The molecule has 3 nitrogen and oxygen atoms in total. The lowest BCUT2D eigenvalue weighted by Crippen LogP contribution is -2.73. The van der Waals surface area contributed by atoms with Crippen LogP contribution in [-0.2, 0) is 9.68 Å². The molecule has 0 atom stereocenters. The van der Waals surface area contributed by atoms with E-state index in [9.17, 15) is 57.2 Å². The van der Waals surface area contributed by atoms with Crippen molar-refractivity contribution in [2.75, 3.05) is 20.6 Å². The highest BCUT2D eigenvalue weighted by molar-refractivity contribution is 4.93. The van der Waals surface area contributed by atoms with Gasteiger partial charge in [0.05, 0.1) is 7.11 Å². The van der Waals surface area contributed by atoms with Gasteiger partial charge in [-0.15, -0.1) is 4.90 Å². The van der Waals surface area contributed by atoms with Gasteiger partial charge < -0.3 is 0 Å². The highest BCUT2D eigenvalue weighted by Crippen LogP contribution is 2.55. The fourth-order valence-corrected chi connectivity index (χ4v) is 0.954. The Bertz CT molecular complexity index is 402. The van der Waals surface area contributed by atoms with Crippen molar-refractivity contribution in [1.29, 1.82) is 0 Å². The fraction of sp³-hybridized carbons (Fsp3) is 0.778. The number of hydrogen-bond donors (Lipinski definition) is 0. The highest BCUT2D eigenvalue weighted by Gasteiger charge is 2.82. The lowest BCUT2D eigenvalue weighted by molar-refractivity contribution is -0.565. The van der Waals surface area contributed by atoms with Crippen LogP contribution in [-0.4, -0.2) is 49.8 Å². The molecule has 1 rings (SSSR count). The van der Waals surface area contributed by atoms with E-state index in [-0.39, 0.29) is 0 Å². The summed E-state index contributed by atoms with van der Waals surface area (Å²) in [5.74, 6) is -1.37. The molecular formula is C9H8F13NO2. The quantitative estimate of drug-likeness (QED) is 0.480. The monoisotopic (exact) mass is 409 g/mol. The molecule has 0 unspecified atom stereocenters. The van der Waals surface area contributed by atoms with Crippen LogP contribution in [0.1, 0.15) is 0 Å². The second kappa shape index (κ2) is 9.42. The summed E-state index contributed by atoms with van der Waals surface area (Å²) in [6, 6.07) is -11.8. The largest absolute Gasteiger partial charge is 0.439 e. The molecule has 0 bridgehead atoms. The van der Waals surface area contributed by atoms with E-state index in [0.717, 1.165) is 7.11 Å². The van der Waals surface area contributed by atoms with Gasteiger partial charge in [0.15, 0.2) is 12.6 Å². The Morgan fingerprint density at radius 1 is 0.960 bits per heavy atom. The molecule has 0 aromatic carbocycles. The molecule has 25 heavy (non-hydrogen) atoms. The molecule has 16 heteroatoms. The molecule has 0 spiro atoms. The van der Waals surface area contributed by atoms with Crippen LogP contribution in [0.25, 0.3) is 0 Å². The van der Waals surface area contributed by atoms with Crippen LogP contribution in [0.4, 0.5) is 57.2 Å². The van der Waals surface area contributed by atoms with Gasteiger partial charge in [-0.1, -0.05) is 0 Å². The Hall–Kier alpha value is -1.29. The summed E-state index contributed by atoms with van der Waals surface area (Å²) in [7, 11) is 0.958. The summed E-state index contributed by atoms with van der Waals surface area (Å²) < 4.78 is 155. The smallest absolute Gasteiger partial charge is 0.243 e. The van der Waals surface area contributed by atoms with Crippen LogP contribution in [0.15, 0.2) is 12.2 Å². The predicted molar refractivity (Wildman–Crippen MR) is 53.1 cm³/mol. The van der Waals surface area contributed by atoms with Gasteiger partial charge in [-0.05, 0) is 4.53 Å². The fourth-order valence-electron chi connectivity index (χ4n) is 0.954. The van der Waals surface area contributed by atoms with Crippen LogP contribution in [0.5, 0.6) is 0 Å². The van der Waals surface area contributed by atoms with Crippen molar-refractivity contribution in [1.82, 2.24) is 4.90 Å². The summed E-state index contributed by atoms with van der Waals surface area (Å²) in [5.41, 5.74) is 0. The molecule has 0 saturated carbocycles. The zero-order valence-corrected chi connectivity index (χ0v) is 11.7. The average Bonchev–Trinajstić information content (AvgIpc) is 2.45. The van der Waals surface area contributed by atoms with Crippen molar-refractivity contribution in [2.24, 2.45) is 0 Å².